The number of benzene rings is 2. The smallest absolute Gasteiger partial charge is 0.243 e. The standard InChI is InChI=1S/C22H23FN4O3/c1-13(28)26-20(10-14-6-2-4-8-17(14)23)22(30)27-19(21(24)29)11-15-12-25-18-9-5-3-7-16(15)18/h2-9,12,19-20,25H,10-11H2,1H3,(H2,24,29)(H,26,28)(H,27,30)/t19-,20-/m0/s1. The lowest BCUT2D eigenvalue weighted by atomic mass is 10.0. The molecule has 8 heteroatoms. The zero-order chi connectivity index (χ0) is 21.7. The summed E-state index contributed by atoms with van der Waals surface area (Å²) < 4.78 is 14.0. The van der Waals surface area contributed by atoms with Gasteiger partial charge >= 0.3 is 0 Å². The molecule has 0 unspecified atom stereocenters. The third-order valence-corrected chi connectivity index (χ3v) is 4.83. The maximum atomic E-state index is 14.0. The molecular formula is C22H23FN4O3. The minimum absolute atomic E-state index is 0.0589. The van der Waals surface area contributed by atoms with E-state index in [0.29, 0.717) is 0 Å². The Morgan fingerprint density at radius 1 is 0.967 bits per heavy atom. The summed E-state index contributed by atoms with van der Waals surface area (Å²) in [6.45, 7) is 1.26. The molecule has 0 aliphatic rings. The van der Waals surface area contributed by atoms with Gasteiger partial charge in [-0.25, -0.2) is 4.39 Å². The van der Waals surface area contributed by atoms with E-state index in [1.54, 1.807) is 12.3 Å². The minimum atomic E-state index is -1.05. The van der Waals surface area contributed by atoms with E-state index in [0.717, 1.165) is 16.5 Å². The van der Waals surface area contributed by atoms with E-state index in [9.17, 15) is 18.8 Å². The van der Waals surface area contributed by atoms with Gasteiger partial charge in [0.15, 0.2) is 0 Å². The normalized spacial score (nSPS) is 12.9. The Balaban J connectivity index is 1.78. The highest BCUT2D eigenvalue weighted by molar-refractivity contribution is 5.92. The average Bonchev–Trinajstić information content (AvgIpc) is 3.11. The number of aromatic nitrogens is 1. The summed E-state index contributed by atoms with van der Waals surface area (Å²) in [6, 6.07) is 11.5. The van der Waals surface area contributed by atoms with Gasteiger partial charge in [0.05, 0.1) is 0 Å². The number of para-hydroxylation sites is 1. The first-order chi connectivity index (χ1) is 14.3. The van der Waals surface area contributed by atoms with Crippen molar-refractivity contribution in [1.82, 2.24) is 15.6 Å². The van der Waals surface area contributed by atoms with Crippen LogP contribution >= 0.6 is 0 Å². The fourth-order valence-electron chi connectivity index (χ4n) is 3.35. The van der Waals surface area contributed by atoms with Crippen LogP contribution in [0, 0.1) is 5.82 Å². The van der Waals surface area contributed by atoms with E-state index in [2.05, 4.69) is 15.6 Å². The van der Waals surface area contributed by atoms with Gasteiger partial charge in [0.1, 0.15) is 17.9 Å². The van der Waals surface area contributed by atoms with E-state index in [1.807, 2.05) is 24.3 Å². The topological polar surface area (TPSA) is 117 Å². The second-order valence-electron chi connectivity index (χ2n) is 7.08. The number of amides is 3. The van der Waals surface area contributed by atoms with Crippen molar-refractivity contribution in [2.45, 2.75) is 31.8 Å². The molecule has 5 N–H and O–H groups in total. The van der Waals surface area contributed by atoms with Crippen LogP contribution in [0.5, 0.6) is 0 Å². The van der Waals surface area contributed by atoms with Crippen molar-refractivity contribution < 1.29 is 18.8 Å². The molecule has 3 aromatic rings. The molecule has 0 bridgehead atoms. The van der Waals surface area contributed by atoms with Crippen molar-refractivity contribution in [3.05, 3.63) is 71.7 Å². The highest BCUT2D eigenvalue weighted by Crippen LogP contribution is 2.19. The van der Waals surface area contributed by atoms with Crippen molar-refractivity contribution in [1.29, 1.82) is 0 Å². The molecule has 0 saturated carbocycles. The molecule has 2 atom stereocenters. The monoisotopic (exact) mass is 410 g/mol. The lowest BCUT2D eigenvalue weighted by Crippen LogP contribution is -2.54. The molecule has 1 heterocycles. The summed E-state index contributed by atoms with van der Waals surface area (Å²) in [7, 11) is 0. The van der Waals surface area contributed by atoms with Crippen molar-refractivity contribution in [2.24, 2.45) is 5.73 Å². The predicted molar refractivity (Wildman–Crippen MR) is 111 cm³/mol. The van der Waals surface area contributed by atoms with Gasteiger partial charge in [0.25, 0.3) is 0 Å². The number of halogens is 1. The maximum Gasteiger partial charge on any atom is 0.243 e. The van der Waals surface area contributed by atoms with Gasteiger partial charge in [0.2, 0.25) is 17.7 Å². The average molecular weight is 410 g/mol. The Hall–Kier alpha value is -3.68. The number of hydrogen-bond donors (Lipinski definition) is 4. The first-order valence-corrected chi connectivity index (χ1v) is 9.50. The summed E-state index contributed by atoms with van der Waals surface area (Å²) in [5, 5.41) is 6.03. The number of carbonyl (C=O) groups excluding carboxylic acids is 3. The Bertz CT molecular complexity index is 1080. The number of nitrogens with two attached hydrogens (primary N) is 1. The zero-order valence-corrected chi connectivity index (χ0v) is 16.4. The van der Waals surface area contributed by atoms with Gasteiger partial charge in [-0.3, -0.25) is 14.4 Å². The van der Waals surface area contributed by atoms with Crippen molar-refractivity contribution in [2.75, 3.05) is 0 Å². The van der Waals surface area contributed by atoms with E-state index in [-0.39, 0.29) is 18.4 Å². The van der Waals surface area contributed by atoms with Crippen LogP contribution in [0.4, 0.5) is 4.39 Å². The van der Waals surface area contributed by atoms with Crippen LogP contribution < -0.4 is 16.4 Å². The molecule has 7 nitrogen and oxygen atoms in total. The molecule has 0 aliphatic carbocycles. The molecule has 0 radical (unpaired) electrons. The van der Waals surface area contributed by atoms with Gasteiger partial charge in [-0.15, -0.1) is 0 Å². The molecule has 0 spiro atoms. The van der Waals surface area contributed by atoms with Crippen LogP contribution in [0.25, 0.3) is 10.9 Å². The Kier molecular flexibility index (Phi) is 6.46. The molecule has 1 aromatic heterocycles. The van der Waals surface area contributed by atoms with Gasteiger partial charge in [0, 0.05) is 36.9 Å². The van der Waals surface area contributed by atoms with Crippen LogP contribution in [0.3, 0.4) is 0 Å². The summed E-state index contributed by atoms with van der Waals surface area (Å²) in [5.74, 6) is -2.25. The van der Waals surface area contributed by atoms with Gasteiger partial charge in [-0.05, 0) is 23.3 Å². The van der Waals surface area contributed by atoms with E-state index >= 15 is 0 Å². The molecular weight excluding hydrogens is 387 g/mol. The highest BCUT2D eigenvalue weighted by Gasteiger charge is 2.26. The number of primary amides is 1. The quantitative estimate of drug-likeness (QED) is 0.451. The number of hydrogen-bond acceptors (Lipinski definition) is 3. The molecule has 0 saturated heterocycles. The first-order valence-electron chi connectivity index (χ1n) is 9.50. The second kappa shape index (κ2) is 9.21. The van der Waals surface area contributed by atoms with Crippen molar-refractivity contribution in [3.63, 3.8) is 0 Å². The molecule has 2 aromatic carbocycles. The molecule has 156 valence electrons. The van der Waals surface area contributed by atoms with Crippen LogP contribution in [0.2, 0.25) is 0 Å². The Morgan fingerprint density at radius 2 is 1.63 bits per heavy atom. The van der Waals surface area contributed by atoms with Crippen LogP contribution in [-0.2, 0) is 27.2 Å². The molecule has 3 rings (SSSR count). The van der Waals surface area contributed by atoms with Gasteiger partial charge in [-0.1, -0.05) is 36.4 Å². The molecule has 0 fully saturated rings. The third kappa shape index (κ3) is 5.02. The number of carbonyl (C=O) groups is 3. The third-order valence-electron chi connectivity index (χ3n) is 4.83. The van der Waals surface area contributed by atoms with Gasteiger partial charge in [-0.2, -0.15) is 0 Å². The number of H-pyrrole nitrogens is 1. The van der Waals surface area contributed by atoms with Gasteiger partial charge < -0.3 is 21.4 Å². The molecule has 0 aliphatic heterocycles. The van der Waals surface area contributed by atoms with E-state index in [4.69, 9.17) is 5.73 Å². The first kappa shape index (κ1) is 21.0. The fourth-order valence-corrected chi connectivity index (χ4v) is 3.35. The number of nitrogens with one attached hydrogen (secondary N) is 3. The Morgan fingerprint density at radius 3 is 2.33 bits per heavy atom. The second-order valence-corrected chi connectivity index (χ2v) is 7.08. The minimum Gasteiger partial charge on any atom is -0.368 e. The lowest BCUT2D eigenvalue weighted by molar-refractivity contribution is -0.130. The summed E-state index contributed by atoms with van der Waals surface area (Å²) >= 11 is 0. The van der Waals surface area contributed by atoms with Crippen molar-refractivity contribution in [3.8, 4) is 0 Å². The molecule has 3 amide bonds. The predicted octanol–water partition coefficient (Wildman–Crippen LogP) is 1.57. The van der Waals surface area contributed by atoms with Crippen LogP contribution in [0.15, 0.2) is 54.7 Å². The lowest BCUT2D eigenvalue weighted by Gasteiger charge is -2.22. The zero-order valence-electron chi connectivity index (χ0n) is 16.4. The largest absolute Gasteiger partial charge is 0.368 e. The molecule has 30 heavy (non-hydrogen) atoms. The number of fused-ring (bicyclic) bond motifs is 1. The Labute approximate surface area is 172 Å². The van der Waals surface area contributed by atoms with E-state index in [1.165, 1.54) is 25.1 Å². The van der Waals surface area contributed by atoms with Crippen LogP contribution in [-0.4, -0.2) is 34.8 Å². The summed E-state index contributed by atoms with van der Waals surface area (Å²) in [6.07, 6.45) is 1.88. The summed E-state index contributed by atoms with van der Waals surface area (Å²) in [4.78, 5) is 39.5. The maximum absolute atomic E-state index is 14.0. The number of aromatic amines is 1. The highest BCUT2D eigenvalue weighted by atomic mass is 19.1. The van der Waals surface area contributed by atoms with Crippen LogP contribution in [0.1, 0.15) is 18.1 Å². The number of rotatable bonds is 8. The summed E-state index contributed by atoms with van der Waals surface area (Å²) in [5.41, 5.74) is 7.51. The fraction of sp³-hybridized carbons (Fsp3) is 0.227. The van der Waals surface area contributed by atoms with Crippen molar-refractivity contribution >= 4 is 28.6 Å². The van der Waals surface area contributed by atoms with E-state index < -0.39 is 35.6 Å². The SMILES string of the molecule is CC(=O)N[C@@H](Cc1ccccc1F)C(=O)N[C@@H](Cc1c[nH]c2ccccc12)C(N)=O.